The standard InChI is InChI=1S/C19H27N3O6/c1-18(2,3)28-17(25)22-14(11-27-19(22,4)5)10-26-15(23)12-7-6-8-13(9-12)21-16(20)24/h6-9,14H,10-11H2,1-5H3,(H3,20,21,24). The van der Waals surface area contributed by atoms with E-state index in [1.165, 1.54) is 11.0 Å². The van der Waals surface area contributed by atoms with Crippen molar-refractivity contribution in [2.45, 2.75) is 52.0 Å². The highest BCUT2D eigenvalue weighted by Crippen LogP contribution is 2.29. The van der Waals surface area contributed by atoms with E-state index < -0.39 is 35.5 Å². The Morgan fingerprint density at radius 2 is 2.00 bits per heavy atom. The molecule has 28 heavy (non-hydrogen) atoms. The molecule has 0 saturated carbocycles. The number of carbonyl (C=O) groups excluding carboxylic acids is 3. The normalized spacial score (nSPS) is 18.5. The summed E-state index contributed by atoms with van der Waals surface area (Å²) in [5, 5.41) is 2.39. The number of urea groups is 1. The molecule has 0 aliphatic carbocycles. The fourth-order valence-electron chi connectivity index (χ4n) is 2.81. The zero-order valence-corrected chi connectivity index (χ0v) is 16.8. The Hall–Kier alpha value is -2.81. The van der Waals surface area contributed by atoms with Crippen molar-refractivity contribution < 1.29 is 28.6 Å². The Balaban J connectivity index is 2.05. The van der Waals surface area contributed by atoms with Gasteiger partial charge in [-0.2, -0.15) is 0 Å². The molecule has 1 unspecified atom stereocenters. The number of nitrogens with zero attached hydrogens (tertiary/aromatic N) is 1. The van der Waals surface area contributed by atoms with Crippen LogP contribution in [0.25, 0.3) is 0 Å². The molecule has 9 nitrogen and oxygen atoms in total. The van der Waals surface area contributed by atoms with Crippen LogP contribution < -0.4 is 11.1 Å². The van der Waals surface area contributed by atoms with Crippen molar-refractivity contribution in [2.75, 3.05) is 18.5 Å². The minimum absolute atomic E-state index is 0.0605. The van der Waals surface area contributed by atoms with Crippen LogP contribution in [0.2, 0.25) is 0 Å². The zero-order chi connectivity index (χ0) is 21.1. The highest BCUT2D eigenvalue weighted by Gasteiger charge is 2.46. The number of carbonyl (C=O) groups is 3. The minimum atomic E-state index is -0.884. The van der Waals surface area contributed by atoms with Crippen molar-refractivity contribution >= 4 is 23.8 Å². The smallest absolute Gasteiger partial charge is 0.413 e. The lowest BCUT2D eigenvalue weighted by atomic mass is 10.2. The van der Waals surface area contributed by atoms with E-state index in [9.17, 15) is 14.4 Å². The van der Waals surface area contributed by atoms with Crippen molar-refractivity contribution in [3.63, 3.8) is 0 Å². The molecule has 1 atom stereocenters. The van der Waals surface area contributed by atoms with E-state index in [2.05, 4.69) is 5.32 Å². The Morgan fingerprint density at radius 1 is 1.32 bits per heavy atom. The molecule has 1 fully saturated rings. The van der Waals surface area contributed by atoms with Crippen LogP contribution in [0.15, 0.2) is 24.3 Å². The summed E-state index contributed by atoms with van der Waals surface area (Å²) in [5.41, 5.74) is 4.15. The summed E-state index contributed by atoms with van der Waals surface area (Å²) in [7, 11) is 0. The first kappa shape index (κ1) is 21.5. The molecule has 3 N–H and O–H groups in total. The zero-order valence-electron chi connectivity index (χ0n) is 16.8. The van der Waals surface area contributed by atoms with E-state index in [4.69, 9.17) is 19.9 Å². The van der Waals surface area contributed by atoms with Gasteiger partial charge in [0.05, 0.1) is 18.2 Å². The molecule has 0 aromatic heterocycles. The maximum absolute atomic E-state index is 12.6. The fourth-order valence-corrected chi connectivity index (χ4v) is 2.81. The molecule has 1 aliphatic rings. The van der Waals surface area contributed by atoms with Crippen molar-refractivity contribution in [1.82, 2.24) is 4.90 Å². The summed E-state index contributed by atoms with van der Waals surface area (Å²) in [4.78, 5) is 37.3. The number of benzene rings is 1. The molecule has 1 aromatic rings. The van der Waals surface area contributed by atoms with Gasteiger partial charge >= 0.3 is 18.1 Å². The highest BCUT2D eigenvalue weighted by molar-refractivity contribution is 5.93. The van der Waals surface area contributed by atoms with E-state index in [1.807, 2.05) is 0 Å². The number of nitrogens with two attached hydrogens (primary N) is 1. The van der Waals surface area contributed by atoms with Crippen LogP contribution in [-0.2, 0) is 14.2 Å². The largest absolute Gasteiger partial charge is 0.460 e. The third-order valence-corrected chi connectivity index (χ3v) is 3.94. The maximum Gasteiger partial charge on any atom is 0.413 e. The summed E-state index contributed by atoms with van der Waals surface area (Å²) in [6.07, 6.45) is -0.538. The van der Waals surface area contributed by atoms with Gasteiger partial charge in [-0.1, -0.05) is 6.07 Å². The second kappa shape index (κ2) is 8.05. The summed E-state index contributed by atoms with van der Waals surface area (Å²) in [6, 6.07) is 4.98. The van der Waals surface area contributed by atoms with Gasteiger partial charge in [-0.15, -0.1) is 0 Å². The third kappa shape index (κ3) is 5.59. The number of rotatable bonds is 4. The van der Waals surface area contributed by atoms with Crippen molar-refractivity contribution in [3.8, 4) is 0 Å². The second-order valence-electron chi connectivity index (χ2n) is 7.93. The predicted molar refractivity (Wildman–Crippen MR) is 102 cm³/mol. The third-order valence-electron chi connectivity index (χ3n) is 3.94. The van der Waals surface area contributed by atoms with Crippen molar-refractivity contribution in [1.29, 1.82) is 0 Å². The van der Waals surface area contributed by atoms with E-state index in [-0.39, 0.29) is 18.8 Å². The fraction of sp³-hybridized carbons (Fsp3) is 0.526. The molecular formula is C19H27N3O6. The Labute approximate surface area is 164 Å². The topological polar surface area (TPSA) is 120 Å². The van der Waals surface area contributed by atoms with E-state index >= 15 is 0 Å². The Morgan fingerprint density at radius 3 is 2.61 bits per heavy atom. The highest BCUT2D eigenvalue weighted by atomic mass is 16.6. The summed E-state index contributed by atoms with van der Waals surface area (Å²) in [5.74, 6) is -0.595. The molecule has 154 valence electrons. The Bertz CT molecular complexity index is 756. The number of esters is 1. The van der Waals surface area contributed by atoms with E-state index in [1.54, 1.807) is 52.8 Å². The van der Waals surface area contributed by atoms with Crippen molar-refractivity contribution in [3.05, 3.63) is 29.8 Å². The van der Waals surface area contributed by atoms with Gasteiger partial charge in [-0.05, 0) is 52.8 Å². The summed E-state index contributed by atoms with van der Waals surface area (Å²) < 4.78 is 16.5. The van der Waals surface area contributed by atoms with Gasteiger partial charge in [0.15, 0.2) is 0 Å². The van der Waals surface area contributed by atoms with E-state index in [0.717, 1.165) is 0 Å². The lowest BCUT2D eigenvalue weighted by Gasteiger charge is -2.34. The number of primary amides is 1. The molecule has 0 spiro atoms. The van der Waals surface area contributed by atoms with Gasteiger partial charge in [-0.3, -0.25) is 4.90 Å². The van der Waals surface area contributed by atoms with Gasteiger partial charge in [0.2, 0.25) is 0 Å². The van der Waals surface area contributed by atoms with Gasteiger partial charge in [-0.25, -0.2) is 14.4 Å². The quantitative estimate of drug-likeness (QED) is 0.759. The molecule has 1 aliphatic heterocycles. The average molecular weight is 393 g/mol. The summed E-state index contributed by atoms with van der Waals surface area (Å²) >= 11 is 0. The molecule has 1 saturated heterocycles. The lowest BCUT2D eigenvalue weighted by Crippen LogP contribution is -2.51. The van der Waals surface area contributed by atoms with Crippen LogP contribution in [0.5, 0.6) is 0 Å². The average Bonchev–Trinajstić information content (AvgIpc) is 2.85. The maximum atomic E-state index is 12.6. The van der Waals surface area contributed by atoms with Crippen LogP contribution in [0.1, 0.15) is 45.0 Å². The van der Waals surface area contributed by atoms with E-state index in [0.29, 0.717) is 5.69 Å². The van der Waals surface area contributed by atoms with Gasteiger partial charge in [0.25, 0.3) is 0 Å². The molecular weight excluding hydrogens is 366 g/mol. The monoisotopic (exact) mass is 393 g/mol. The van der Waals surface area contributed by atoms with Crippen LogP contribution in [-0.4, -0.2) is 53.6 Å². The first-order chi connectivity index (χ1) is 12.9. The van der Waals surface area contributed by atoms with Crippen LogP contribution in [0, 0.1) is 0 Å². The van der Waals surface area contributed by atoms with Crippen LogP contribution in [0.4, 0.5) is 15.3 Å². The van der Waals surface area contributed by atoms with Crippen LogP contribution in [0.3, 0.4) is 0 Å². The first-order valence-electron chi connectivity index (χ1n) is 8.89. The number of nitrogens with one attached hydrogen (secondary N) is 1. The predicted octanol–water partition coefficient (Wildman–Crippen LogP) is 2.71. The SMILES string of the molecule is CC(C)(C)OC(=O)N1C(COC(=O)c2cccc(NC(N)=O)c2)COC1(C)C. The first-order valence-corrected chi connectivity index (χ1v) is 8.89. The van der Waals surface area contributed by atoms with Crippen LogP contribution >= 0.6 is 0 Å². The minimum Gasteiger partial charge on any atom is -0.460 e. The molecule has 1 aromatic carbocycles. The lowest BCUT2D eigenvalue weighted by molar-refractivity contribution is -0.0647. The number of ether oxygens (including phenoxy) is 3. The molecule has 3 amide bonds. The van der Waals surface area contributed by atoms with Gasteiger partial charge in [0, 0.05) is 5.69 Å². The summed E-state index contributed by atoms with van der Waals surface area (Å²) in [6.45, 7) is 8.97. The molecule has 1 heterocycles. The van der Waals surface area contributed by atoms with Crippen molar-refractivity contribution in [2.24, 2.45) is 5.73 Å². The molecule has 2 rings (SSSR count). The number of hydrogen-bond acceptors (Lipinski definition) is 6. The second-order valence-corrected chi connectivity index (χ2v) is 7.93. The Kier molecular flexibility index (Phi) is 6.18. The number of hydrogen-bond donors (Lipinski definition) is 2. The molecule has 0 radical (unpaired) electrons. The molecule has 9 heteroatoms. The van der Waals surface area contributed by atoms with Gasteiger partial charge in [0.1, 0.15) is 17.9 Å². The number of amides is 3. The molecule has 0 bridgehead atoms. The number of anilines is 1. The van der Waals surface area contributed by atoms with Gasteiger partial charge < -0.3 is 25.3 Å².